The van der Waals surface area contributed by atoms with Crippen LogP contribution in [0, 0.1) is 3.57 Å². The molecule has 1 rings (SSSR count). The second-order valence-electron chi connectivity index (χ2n) is 2.52. The average molecular weight is 373 g/mol. The van der Waals surface area contributed by atoms with Crippen molar-refractivity contribution in [3.63, 3.8) is 0 Å². The zero-order chi connectivity index (χ0) is 10.7. The maximum atomic E-state index is 10.8. The molecule has 1 N–H and O–H groups in total. The molecule has 1 aromatic carbocycles. The first-order valence-corrected chi connectivity index (χ1v) is 7.19. The highest BCUT2D eigenvalue weighted by Crippen LogP contribution is 2.25. The van der Waals surface area contributed by atoms with Crippen LogP contribution in [0.15, 0.2) is 22.7 Å². The molecule has 0 spiro atoms. The van der Waals surface area contributed by atoms with Crippen LogP contribution < -0.4 is 0 Å². The van der Waals surface area contributed by atoms with Crippen LogP contribution in [0.5, 0.6) is 0 Å². The van der Waals surface area contributed by atoms with E-state index in [9.17, 15) is 10.9 Å². The topological polar surface area (TPSA) is 71.4 Å². The van der Waals surface area contributed by atoms with E-state index >= 15 is 0 Å². The molecule has 0 atom stereocenters. The molecule has 0 aliphatic carbocycles. The van der Waals surface area contributed by atoms with Crippen LogP contribution in [0.3, 0.4) is 0 Å². The third-order valence-electron chi connectivity index (χ3n) is 1.52. The molecule has 14 heavy (non-hydrogen) atoms. The van der Waals surface area contributed by atoms with E-state index in [4.69, 9.17) is 5.11 Å². The molecule has 0 aromatic heterocycles. The van der Waals surface area contributed by atoms with E-state index in [1.54, 1.807) is 6.07 Å². The van der Waals surface area contributed by atoms with Gasteiger partial charge in [0, 0.05) is 4.47 Å². The van der Waals surface area contributed by atoms with Crippen molar-refractivity contribution < 1.29 is 16.0 Å². The predicted octanol–water partition coefficient (Wildman–Crippen LogP) is 2.44. The first kappa shape index (κ1) is 11.6. The van der Waals surface area contributed by atoms with Crippen molar-refractivity contribution in [1.82, 2.24) is 0 Å². The first-order chi connectivity index (χ1) is 6.50. The lowest BCUT2D eigenvalue weighted by Gasteiger charge is -2.00. The van der Waals surface area contributed by atoms with E-state index in [1.807, 2.05) is 0 Å². The van der Waals surface area contributed by atoms with Crippen molar-refractivity contribution >= 4 is 41.7 Å². The van der Waals surface area contributed by atoms with Gasteiger partial charge in [0.1, 0.15) is 0 Å². The Hall–Kier alpha value is -0.500. The number of carbonyl (C=O) groups is 1. The maximum absolute atomic E-state index is 10.8. The van der Waals surface area contributed by atoms with Gasteiger partial charge in [-0.25, -0.2) is 6.14 Å². The Kier molecular flexibility index (Phi) is 3.99. The summed E-state index contributed by atoms with van der Waals surface area (Å²) in [6, 6.07) is 4.53. The van der Waals surface area contributed by atoms with Gasteiger partial charge >= 0.3 is 25.8 Å². The number of benzene rings is 1. The molecule has 0 fully saturated rings. The summed E-state index contributed by atoms with van der Waals surface area (Å²) in [6.07, 6.45) is -0.271. The van der Waals surface area contributed by atoms with Gasteiger partial charge in [0.25, 0.3) is 0 Å². The number of carboxylic acids is 1. The highest BCUT2D eigenvalue weighted by molar-refractivity contribution is 14.2. The molecule has 0 aliphatic rings. The van der Waals surface area contributed by atoms with E-state index in [1.165, 1.54) is 12.1 Å². The van der Waals surface area contributed by atoms with E-state index in [-0.39, 0.29) is 9.99 Å². The van der Waals surface area contributed by atoms with Crippen LogP contribution in [-0.2, 0) is 17.4 Å². The Morgan fingerprint density at radius 1 is 1.43 bits per heavy atom. The number of aliphatic carboxylic acids is 1. The van der Waals surface area contributed by atoms with Crippen LogP contribution in [0.1, 0.15) is 5.56 Å². The molecule has 76 valence electrons. The molecule has 6 heteroatoms. The summed E-state index contributed by atoms with van der Waals surface area (Å²) in [5.74, 6) is -1.04. The largest absolute Gasteiger partial charge is 0.481 e. The minimum atomic E-state index is -3.60. The Morgan fingerprint density at radius 2 is 2.07 bits per heavy atom. The molecule has 0 unspecified atom stereocenters. The molecule has 1 aromatic rings. The van der Waals surface area contributed by atoms with Gasteiger partial charge in [0.15, 0.2) is 0 Å². The lowest BCUT2D eigenvalue weighted by Crippen LogP contribution is -2.02. The number of hydrogen-bond donors (Lipinski definition) is 1. The number of hydrogen-bond acceptors (Lipinski definition) is 3. The Morgan fingerprint density at radius 3 is 2.57 bits per heavy atom. The molecule has 0 heterocycles. The van der Waals surface area contributed by atoms with Gasteiger partial charge in [-0.05, 0) is 23.8 Å². The zero-order valence-electron chi connectivity index (χ0n) is 6.87. The minimum absolute atomic E-state index is 0.153. The fourth-order valence-corrected chi connectivity index (χ4v) is 2.79. The maximum Gasteiger partial charge on any atom is 0.341 e. The molecular formula is C8H6BrIO4. The van der Waals surface area contributed by atoms with Crippen molar-refractivity contribution in [3.05, 3.63) is 31.8 Å². The van der Waals surface area contributed by atoms with E-state index in [2.05, 4.69) is 15.9 Å². The normalized spacial score (nSPS) is 10.4. The molecule has 0 saturated carbocycles. The van der Waals surface area contributed by atoms with E-state index in [0.717, 1.165) is 0 Å². The summed E-state index contributed by atoms with van der Waals surface area (Å²) >= 11 is -0.441. The first-order valence-electron chi connectivity index (χ1n) is 3.56. The number of rotatable bonds is 3. The second kappa shape index (κ2) is 4.83. The lowest BCUT2D eigenvalue weighted by molar-refractivity contribution is -0.136. The summed E-state index contributed by atoms with van der Waals surface area (Å²) in [5, 5.41) is 8.56. The van der Waals surface area contributed by atoms with Gasteiger partial charge in [-0.2, -0.15) is 0 Å². The number of halogens is 2. The Balaban J connectivity index is 3.22. The van der Waals surface area contributed by atoms with Gasteiger partial charge in [0.2, 0.25) is 0 Å². The van der Waals surface area contributed by atoms with Gasteiger partial charge in [0.05, 0.1) is 9.99 Å². The molecule has 0 amide bonds. The van der Waals surface area contributed by atoms with Crippen LogP contribution in [0.2, 0.25) is 0 Å². The van der Waals surface area contributed by atoms with Crippen LogP contribution in [-0.4, -0.2) is 11.1 Å². The highest BCUT2D eigenvalue weighted by atomic mass is 127. The van der Waals surface area contributed by atoms with Gasteiger partial charge < -0.3 is 5.11 Å². The Labute approximate surface area is 95.6 Å². The van der Waals surface area contributed by atoms with Gasteiger partial charge in [-0.1, -0.05) is 15.9 Å². The predicted molar refractivity (Wildman–Crippen MR) is 59.6 cm³/mol. The average Bonchev–Trinajstić information content (AvgIpc) is 2.01. The van der Waals surface area contributed by atoms with Crippen molar-refractivity contribution in [1.29, 1.82) is 0 Å². The molecular weight excluding hydrogens is 367 g/mol. The van der Waals surface area contributed by atoms with Crippen molar-refractivity contribution in [2.24, 2.45) is 0 Å². The fraction of sp³-hybridized carbons (Fsp3) is 0.125. The van der Waals surface area contributed by atoms with Crippen molar-refractivity contribution in [2.45, 2.75) is 6.42 Å². The summed E-state index contributed by atoms with van der Waals surface area (Å²) in [5.41, 5.74) is 0.335. The van der Waals surface area contributed by atoms with Gasteiger partial charge in [-0.3, -0.25) is 4.79 Å². The monoisotopic (exact) mass is 372 g/mol. The number of carboxylic acid groups (broad SMARTS) is 1. The van der Waals surface area contributed by atoms with Gasteiger partial charge in [-0.15, -0.1) is 0 Å². The standard InChI is InChI=1S/C8H6BrIO4/c9-6-1-2-7(10(13)14)5(3-6)4-8(11)12/h1-3H,4H2,(H,11,12). The Bertz CT molecular complexity index is 431. The molecule has 0 radical (unpaired) electrons. The molecule has 4 nitrogen and oxygen atoms in total. The highest BCUT2D eigenvalue weighted by Gasteiger charge is 2.10. The minimum Gasteiger partial charge on any atom is -0.481 e. The van der Waals surface area contributed by atoms with E-state index < -0.39 is 25.8 Å². The van der Waals surface area contributed by atoms with E-state index in [0.29, 0.717) is 10.0 Å². The summed E-state index contributed by atoms with van der Waals surface area (Å²) in [6.45, 7) is 0. The molecule has 0 saturated heterocycles. The molecule has 0 aliphatic heterocycles. The van der Waals surface area contributed by atoms with Crippen LogP contribution in [0.25, 0.3) is 0 Å². The van der Waals surface area contributed by atoms with Crippen LogP contribution in [0.4, 0.5) is 0 Å². The van der Waals surface area contributed by atoms with Crippen molar-refractivity contribution in [2.75, 3.05) is 0 Å². The van der Waals surface area contributed by atoms with Crippen molar-refractivity contribution in [3.8, 4) is 0 Å². The third kappa shape index (κ3) is 3.02. The third-order valence-corrected chi connectivity index (χ3v) is 4.01. The zero-order valence-corrected chi connectivity index (χ0v) is 10.6. The second-order valence-corrected chi connectivity index (χ2v) is 5.84. The molecule has 0 bridgehead atoms. The summed E-state index contributed by atoms with van der Waals surface area (Å²) in [7, 11) is 0. The SMILES string of the molecule is O=C(O)Cc1cc(Br)ccc1I(=O)=O. The fourth-order valence-electron chi connectivity index (χ4n) is 0.992. The smallest absolute Gasteiger partial charge is 0.341 e. The quantitative estimate of drug-likeness (QED) is 0.827. The lowest BCUT2D eigenvalue weighted by atomic mass is 10.2. The van der Waals surface area contributed by atoms with Crippen LogP contribution >= 0.6 is 35.7 Å². The summed E-state index contributed by atoms with van der Waals surface area (Å²) < 4.78 is 22.5. The summed E-state index contributed by atoms with van der Waals surface area (Å²) in [4.78, 5) is 10.5.